The van der Waals surface area contributed by atoms with Crippen LogP contribution in [-0.2, 0) is 4.74 Å². The van der Waals surface area contributed by atoms with Gasteiger partial charge in [0, 0.05) is 24.0 Å². The molecule has 1 atom stereocenters. The quantitative estimate of drug-likeness (QED) is 0.897. The first-order chi connectivity index (χ1) is 10.3. The summed E-state index contributed by atoms with van der Waals surface area (Å²) in [5, 5.41) is 6.31. The van der Waals surface area contributed by atoms with Gasteiger partial charge in [-0.05, 0) is 65.4 Å². The van der Waals surface area contributed by atoms with Gasteiger partial charge in [-0.25, -0.2) is 4.79 Å². The Morgan fingerprint density at radius 1 is 1.32 bits per heavy atom. The summed E-state index contributed by atoms with van der Waals surface area (Å²) >= 11 is 0. The molecule has 5 heteroatoms. The lowest BCUT2D eigenvalue weighted by Crippen LogP contribution is -2.39. The predicted octanol–water partition coefficient (Wildman–Crippen LogP) is 3.54. The molecule has 0 spiro atoms. The molecule has 2 rings (SSSR count). The van der Waals surface area contributed by atoms with E-state index in [4.69, 9.17) is 4.74 Å². The van der Waals surface area contributed by atoms with Gasteiger partial charge < -0.3 is 15.0 Å². The highest BCUT2D eigenvalue weighted by atomic mass is 16.6. The Hall–Kier alpha value is -1.75. The molecule has 1 heterocycles. The maximum Gasteiger partial charge on any atom is 0.412 e. The van der Waals surface area contributed by atoms with Crippen LogP contribution >= 0.6 is 0 Å². The highest BCUT2D eigenvalue weighted by molar-refractivity contribution is 5.85. The summed E-state index contributed by atoms with van der Waals surface area (Å²) in [6, 6.07) is 8.22. The molecular formula is C17H27N3O2. The molecule has 0 aromatic heterocycles. The minimum absolute atomic E-state index is 0.429. The van der Waals surface area contributed by atoms with E-state index in [1.807, 2.05) is 45.0 Å². The van der Waals surface area contributed by atoms with Crippen LogP contribution in [0.3, 0.4) is 0 Å². The molecule has 0 bridgehead atoms. The van der Waals surface area contributed by atoms with Crippen molar-refractivity contribution in [2.24, 2.45) is 0 Å². The van der Waals surface area contributed by atoms with E-state index >= 15 is 0 Å². The third kappa shape index (κ3) is 5.56. The van der Waals surface area contributed by atoms with Crippen LogP contribution in [0.25, 0.3) is 0 Å². The lowest BCUT2D eigenvalue weighted by molar-refractivity contribution is 0.0636. The number of likely N-dealkylation sites (N-methyl/N-ethyl adjacent to an activating group) is 1. The van der Waals surface area contributed by atoms with Crippen molar-refractivity contribution in [2.45, 2.75) is 45.3 Å². The number of rotatable bonds is 3. The molecule has 1 aliphatic heterocycles. The van der Waals surface area contributed by atoms with Gasteiger partial charge in [0.15, 0.2) is 0 Å². The molecule has 0 aliphatic carbocycles. The molecule has 1 unspecified atom stereocenters. The highest BCUT2D eigenvalue weighted by Crippen LogP contribution is 2.20. The average molecular weight is 305 g/mol. The second kappa shape index (κ2) is 7.01. The first kappa shape index (κ1) is 16.6. The van der Waals surface area contributed by atoms with Gasteiger partial charge in [0.05, 0.1) is 0 Å². The van der Waals surface area contributed by atoms with Crippen molar-refractivity contribution in [3.8, 4) is 0 Å². The van der Waals surface area contributed by atoms with E-state index < -0.39 is 11.7 Å². The van der Waals surface area contributed by atoms with Crippen molar-refractivity contribution in [1.82, 2.24) is 4.90 Å². The average Bonchev–Trinajstić information content (AvgIpc) is 2.36. The second-order valence-corrected chi connectivity index (χ2v) is 6.95. The summed E-state index contributed by atoms with van der Waals surface area (Å²) in [4.78, 5) is 14.1. The van der Waals surface area contributed by atoms with E-state index in [9.17, 15) is 4.79 Å². The van der Waals surface area contributed by atoms with Gasteiger partial charge in [-0.2, -0.15) is 0 Å². The van der Waals surface area contributed by atoms with Crippen molar-refractivity contribution < 1.29 is 9.53 Å². The van der Waals surface area contributed by atoms with E-state index in [1.54, 1.807) is 0 Å². The van der Waals surface area contributed by atoms with Crippen LogP contribution in [-0.4, -0.2) is 42.8 Å². The zero-order valence-corrected chi connectivity index (χ0v) is 14.0. The fourth-order valence-corrected chi connectivity index (χ4v) is 2.63. The lowest BCUT2D eigenvalue weighted by atomic mass is 10.1. The van der Waals surface area contributed by atoms with Gasteiger partial charge in [-0.1, -0.05) is 6.07 Å². The number of likely N-dealkylation sites (tertiary alicyclic amines) is 1. The summed E-state index contributed by atoms with van der Waals surface area (Å²) in [5.74, 6) is 0. The summed E-state index contributed by atoms with van der Waals surface area (Å²) < 4.78 is 5.27. The normalized spacial score (nSPS) is 19.5. The molecule has 1 aromatic carbocycles. The van der Waals surface area contributed by atoms with Crippen molar-refractivity contribution in [2.75, 3.05) is 30.8 Å². The topological polar surface area (TPSA) is 53.6 Å². The third-order valence-corrected chi connectivity index (χ3v) is 3.50. The predicted molar refractivity (Wildman–Crippen MR) is 90.4 cm³/mol. The van der Waals surface area contributed by atoms with Crippen molar-refractivity contribution >= 4 is 17.5 Å². The van der Waals surface area contributed by atoms with Gasteiger partial charge in [-0.15, -0.1) is 0 Å². The Labute approximate surface area is 133 Å². The third-order valence-electron chi connectivity index (χ3n) is 3.50. The van der Waals surface area contributed by atoms with E-state index in [-0.39, 0.29) is 0 Å². The largest absolute Gasteiger partial charge is 0.444 e. The summed E-state index contributed by atoms with van der Waals surface area (Å²) in [6.07, 6.45) is 1.96. The number of amides is 1. The number of anilines is 2. The minimum Gasteiger partial charge on any atom is -0.444 e. The fraction of sp³-hybridized carbons (Fsp3) is 0.588. The summed E-state index contributed by atoms with van der Waals surface area (Å²) in [5.41, 5.74) is 1.27. The van der Waals surface area contributed by atoms with Gasteiger partial charge in [0.25, 0.3) is 0 Å². The highest BCUT2D eigenvalue weighted by Gasteiger charge is 2.18. The number of hydrogen-bond donors (Lipinski definition) is 2. The van der Waals surface area contributed by atoms with Gasteiger partial charge in [0.1, 0.15) is 5.60 Å². The van der Waals surface area contributed by atoms with Crippen LogP contribution in [0, 0.1) is 0 Å². The Morgan fingerprint density at radius 2 is 2.05 bits per heavy atom. The number of hydrogen-bond acceptors (Lipinski definition) is 4. The molecule has 1 saturated heterocycles. The van der Waals surface area contributed by atoms with Gasteiger partial charge in [0.2, 0.25) is 0 Å². The zero-order chi connectivity index (χ0) is 16.2. The van der Waals surface area contributed by atoms with Crippen LogP contribution in [0.5, 0.6) is 0 Å². The number of nitrogens with one attached hydrogen (secondary N) is 2. The molecule has 1 fully saturated rings. The van der Waals surface area contributed by atoms with E-state index in [2.05, 4.69) is 22.6 Å². The molecule has 0 radical (unpaired) electrons. The molecule has 2 N–H and O–H groups in total. The molecule has 1 aliphatic rings. The Balaban J connectivity index is 1.93. The Morgan fingerprint density at radius 3 is 2.73 bits per heavy atom. The minimum atomic E-state index is -0.493. The smallest absolute Gasteiger partial charge is 0.412 e. The van der Waals surface area contributed by atoms with Crippen molar-refractivity contribution in [3.05, 3.63) is 24.3 Å². The van der Waals surface area contributed by atoms with Crippen molar-refractivity contribution in [1.29, 1.82) is 0 Å². The second-order valence-electron chi connectivity index (χ2n) is 6.95. The number of nitrogens with zero attached hydrogens (tertiary/aromatic N) is 1. The molecule has 0 saturated carbocycles. The van der Waals surface area contributed by atoms with Crippen LogP contribution in [0.1, 0.15) is 33.6 Å². The molecular weight excluding hydrogens is 278 g/mol. The maximum atomic E-state index is 11.8. The standard InChI is InChI=1S/C17H27N3O2/c1-17(2,3)22-16(21)19-14-8-5-7-13(11-14)18-15-9-6-10-20(4)12-15/h5,7-8,11,15,18H,6,9-10,12H2,1-4H3,(H,19,21). The van der Waals surface area contributed by atoms with Crippen LogP contribution in [0.4, 0.5) is 16.2 Å². The van der Waals surface area contributed by atoms with E-state index in [0.717, 1.165) is 17.9 Å². The Bertz CT molecular complexity index is 511. The van der Waals surface area contributed by atoms with Crippen LogP contribution in [0.2, 0.25) is 0 Å². The lowest BCUT2D eigenvalue weighted by Gasteiger charge is -2.31. The monoisotopic (exact) mass is 305 g/mol. The molecule has 122 valence electrons. The molecule has 1 amide bonds. The molecule has 22 heavy (non-hydrogen) atoms. The van der Waals surface area contributed by atoms with Gasteiger partial charge in [-0.3, -0.25) is 5.32 Å². The Kier molecular flexibility index (Phi) is 5.29. The molecule has 5 nitrogen and oxygen atoms in total. The number of piperidine rings is 1. The zero-order valence-electron chi connectivity index (χ0n) is 14.0. The number of ether oxygens (including phenoxy) is 1. The van der Waals surface area contributed by atoms with Crippen LogP contribution < -0.4 is 10.6 Å². The first-order valence-corrected chi connectivity index (χ1v) is 7.87. The summed E-state index contributed by atoms with van der Waals surface area (Å²) in [6.45, 7) is 7.76. The van der Waals surface area contributed by atoms with Crippen LogP contribution in [0.15, 0.2) is 24.3 Å². The molecule has 1 aromatic rings. The SMILES string of the molecule is CN1CCCC(Nc2cccc(NC(=O)OC(C)(C)C)c2)C1. The van der Waals surface area contributed by atoms with E-state index in [1.165, 1.54) is 19.4 Å². The first-order valence-electron chi connectivity index (χ1n) is 7.87. The maximum absolute atomic E-state index is 11.8. The van der Waals surface area contributed by atoms with E-state index in [0.29, 0.717) is 6.04 Å². The van der Waals surface area contributed by atoms with Gasteiger partial charge >= 0.3 is 6.09 Å². The number of carbonyl (C=O) groups is 1. The summed E-state index contributed by atoms with van der Waals surface area (Å²) in [7, 11) is 2.15. The fourth-order valence-electron chi connectivity index (χ4n) is 2.63. The van der Waals surface area contributed by atoms with Crippen molar-refractivity contribution in [3.63, 3.8) is 0 Å². The number of carbonyl (C=O) groups excluding carboxylic acids is 1. The number of benzene rings is 1.